The van der Waals surface area contributed by atoms with Gasteiger partial charge in [0.25, 0.3) is 0 Å². The van der Waals surface area contributed by atoms with Crippen molar-refractivity contribution in [1.82, 2.24) is 29.6 Å². The number of anilines is 1. The van der Waals surface area contributed by atoms with Crippen molar-refractivity contribution in [3.8, 4) is 0 Å². The van der Waals surface area contributed by atoms with Crippen molar-refractivity contribution in [1.29, 1.82) is 0 Å². The molecule has 1 fully saturated rings. The van der Waals surface area contributed by atoms with Gasteiger partial charge in [-0.25, -0.2) is 19.6 Å². The van der Waals surface area contributed by atoms with Crippen LogP contribution in [0.25, 0.3) is 0 Å². The lowest BCUT2D eigenvalue weighted by Gasteiger charge is -2.29. The molecular weight excluding hydrogens is 306 g/mol. The minimum Gasteiger partial charge on any atom is -0.293 e. The number of nitrogens with one attached hydrogen (secondary N) is 1. The van der Waals surface area contributed by atoms with Crippen LogP contribution < -0.4 is 5.32 Å². The Labute approximate surface area is 141 Å². The Morgan fingerprint density at radius 1 is 1.38 bits per heavy atom. The van der Waals surface area contributed by atoms with Gasteiger partial charge in [0.15, 0.2) is 0 Å². The Morgan fingerprint density at radius 3 is 2.79 bits per heavy atom. The third-order valence-corrected chi connectivity index (χ3v) is 4.45. The number of hydrogen-bond donors (Lipinski definition) is 1. The Bertz CT molecular complexity index is 700. The van der Waals surface area contributed by atoms with E-state index in [4.69, 9.17) is 0 Å². The third kappa shape index (κ3) is 3.59. The summed E-state index contributed by atoms with van der Waals surface area (Å²) in [4.78, 5) is 27.2. The summed E-state index contributed by atoms with van der Waals surface area (Å²) in [5.41, 5.74) is 0. The highest BCUT2D eigenvalue weighted by Crippen LogP contribution is 2.22. The first-order valence-corrected chi connectivity index (χ1v) is 8.26. The van der Waals surface area contributed by atoms with E-state index in [0.717, 1.165) is 37.6 Å². The lowest BCUT2D eigenvalue weighted by atomic mass is 10.2. The van der Waals surface area contributed by atoms with Crippen LogP contribution >= 0.6 is 0 Å². The van der Waals surface area contributed by atoms with E-state index in [-0.39, 0.29) is 18.0 Å². The smallest absolute Gasteiger partial charge is 0.243 e. The van der Waals surface area contributed by atoms with Gasteiger partial charge >= 0.3 is 0 Å². The van der Waals surface area contributed by atoms with Gasteiger partial charge in [0, 0.05) is 18.4 Å². The van der Waals surface area contributed by atoms with Crippen molar-refractivity contribution in [2.75, 3.05) is 11.9 Å². The van der Waals surface area contributed by atoms with Gasteiger partial charge in [-0.1, -0.05) is 0 Å². The number of nitrogens with zero attached hydrogens (tertiary/aromatic N) is 6. The minimum absolute atomic E-state index is 0.0837. The fraction of sp³-hybridized carbons (Fsp3) is 0.562. The zero-order valence-corrected chi connectivity index (χ0v) is 14.3. The molecule has 1 amide bonds. The van der Waals surface area contributed by atoms with Crippen LogP contribution in [0.4, 0.5) is 5.95 Å². The fourth-order valence-electron chi connectivity index (χ4n) is 3.23. The molecule has 2 aromatic rings. The Kier molecular flexibility index (Phi) is 4.84. The van der Waals surface area contributed by atoms with E-state index in [1.165, 1.54) is 0 Å². The number of aromatic nitrogens is 5. The summed E-state index contributed by atoms with van der Waals surface area (Å²) in [6.45, 7) is 7.44. The first-order valence-electron chi connectivity index (χ1n) is 8.26. The fourth-order valence-corrected chi connectivity index (χ4v) is 3.23. The maximum atomic E-state index is 12.5. The van der Waals surface area contributed by atoms with Gasteiger partial charge in [-0.15, -0.1) is 0 Å². The zero-order valence-electron chi connectivity index (χ0n) is 14.3. The highest BCUT2D eigenvalue weighted by molar-refractivity contribution is 5.93. The molecule has 3 rings (SSSR count). The summed E-state index contributed by atoms with van der Waals surface area (Å²) in [5, 5.41) is 7.22. The van der Waals surface area contributed by atoms with Gasteiger partial charge in [0.2, 0.25) is 11.9 Å². The molecule has 0 unspecified atom stereocenters. The second-order valence-electron chi connectivity index (χ2n) is 6.16. The van der Waals surface area contributed by atoms with Gasteiger partial charge < -0.3 is 0 Å². The summed E-state index contributed by atoms with van der Waals surface area (Å²) in [7, 11) is 0. The van der Waals surface area contributed by atoms with E-state index in [9.17, 15) is 4.79 Å². The molecule has 1 N–H and O–H groups in total. The molecule has 0 radical (unpaired) electrons. The second-order valence-corrected chi connectivity index (χ2v) is 6.16. The molecule has 1 aliphatic rings. The molecule has 0 spiro atoms. The third-order valence-electron chi connectivity index (χ3n) is 4.45. The van der Waals surface area contributed by atoms with Crippen LogP contribution in [-0.4, -0.2) is 54.2 Å². The van der Waals surface area contributed by atoms with E-state index in [0.29, 0.717) is 5.95 Å². The number of amides is 1. The predicted octanol–water partition coefficient (Wildman–Crippen LogP) is 1.18. The van der Waals surface area contributed by atoms with Gasteiger partial charge in [-0.3, -0.25) is 15.0 Å². The highest BCUT2D eigenvalue weighted by Gasteiger charge is 2.33. The summed E-state index contributed by atoms with van der Waals surface area (Å²) in [6.07, 6.45) is 5.36. The van der Waals surface area contributed by atoms with E-state index in [1.54, 1.807) is 18.5 Å². The first kappa shape index (κ1) is 16.5. The van der Waals surface area contributed by atoms with E-state index in [1.807, 2.05) is 25.5 Å². The SMILES string of the molecule is Cc1nc(C)n(C[C@@H]2CCCN2[C@@H](C)C(=O)Nc2ncccn2)n1. The van der Waals surface area contributed by atoms with Gasteiger partial charge in [-0.2, -0.15) is 5.10 Å². The molecule has 1 saturated heterocycles. The molecule has 2 aromatic heterocycles. The second kappa shape index (κ2) is 7.04. The Hall–Kier alpha value is -2.35. The van der Waals surface area contributed by atoms with E-state index in [2.05, 4.69) is 30.3 Å². The first-order chi connectivity index (χ1) is 11.5. The normalized spacial score (nSPS) is 19.4. The number of aryl methyl sites for hydroxylation is 2. The molecule has 0 saturated carbocycles. The molecular formula is C16H23N7O. The molecule has 3 heterocycles. The van der Waals surface area contributed by atoms with E-state index >= 15 is 0 Å². The molecule has 8 nitrogen and oxygen atoms in total. The average Bonchev–Trinajstić information content (AvgIpc) is 3.14. The Morgan fingerprint density at radius 2 is 2.12 bits per heavy atom. The number of carbonyl (C=O) groups is 1. The van der Waals surface area contributed by atoms with Gasteiger partial charge in [-0.05, 0) is 46.2 Å². The molecule has 24 heavy (non-hydrogen) atoms. The van der Waals surface area contributed by atoms with Crippen LogP contribution in [0.1, 0.15) is 31.4 Å². The van der Waals surface area contributed by atoms with Crippen LogP contribution in [0.15, 0.2) is 18.5 Å². The molecule has 128 valence electrons. The average molecular weight is 329 g/mol. The zero-order chi connectivity index (χ0) is 17.1. The topological polar surface area (TPSA) is 88.8 Å². The molecule has 0 aromatic carbocycles. The maximum Gasteiger partial charge on any atom is 0.243 e. The number of carbonyl (C=O) groups excluding carboxylic acids is 1. The summed E-state index contributed by atoms with van der Waals surface area (Å²) in [5.74, 6) is 1.95. The molecule has 8 heteroatoms. The summed E-state index contributed by atoms with van der Waals surface area (Å²) in [6, 6.07) is 1.76. The Balaban J connectivity index is 1.65. The van der Waals surface area contributed by atoms with Crippen molar-refractivity contribution >= 4 is 11.9 Å². The van der Waals surface area contributed by atoms with Crippen molar-refractivity contribution in [3.63, 3.8) is 0 Å². The van der Waals surface area contributed by atoms with Crippen molar-refractivity contribution in [2.24, 2.45) is 0 Å². The largest absolute Gasteiger partial charge is 0.293 e. The van der Waals surface area contributed by atoms with Crippen molar-refractivity contribution < 1.29 is 4.79 Å². The minimum atomic E-state index is -0.244. The van der Waals surface area contributed by atoms with Crippen molar-refractivity contribution in [2.45, 2.75) is 52.2 Å². The van der Waals surface area contributed by atoms with Crippen LogP contribution in [-0.2, 0) is 11.3 Å². The number of rotatable bonds is 5. The van der Waals surface area contributed by atoms with Crippen LogP contribution in [0.5, 0.6) is 0 Å². The highest BCUT2D eigenvalue weighted by atomic mass is 16.2. The molecule has 0 aliphatic carbocycles. The van der Waals surface area contributed by atoms with Crippen LogP contribution in [0.3, 0.4) is 0 Å². The quantitative estimate of drug-likeness (QED) is 0.886. The standard InChI is InChI=1S/C16H23N7O/c1-11(15(24)20-16-17-7-5-8-18-16)22-9-4-6-14(22)10-23-13(3)19-12(2)21-23/h5,7-8,11,14H,4,6,9-10H2,1-3H3,(H,17,18,20,24)/t11-,14-/m0/s1. The number of likely N-dealkylation sites (tertiary alicyclic amines) is 1. The number of hydrogen-bond acceptors (Lipinski definition) is 6. The molecule has 1 aliphatic heterocycles. The molecule has 0 bridgehead atoms. The van der Waals surface area contributed by atoms with Gasteiger partial charge in [0.05, 0.1) is 12.6 Å². The predicted molar refractivity (Wildman–Crippen MR) is 89.3 cm³/mol. The molecule has 2 atom stereocenters. The monoisotopic (exact) mass is 329 g/mol. The lowest BCUT2D eigenvalue weighted by Crippen LogP contribution is -2.46. The maximum absolute atomic E-state index is 12.5. The van der Waals surface area contributed by atoms with Crippen molar-refractivity contribution in [3.05, 3.63) is 30.1 Å². The lowest BCUT2D eigenvalue weighted by molar-refractivity contribution is -0.121. The summed E-state index contributed by atoms with van der Waals surface area (Å²) < 4.78 is 1.93. The van der Waals surface area contributed by atoms with E-state index < -0.39 is 0 Å². The van der Waals surface area contributed by atoms with Gasteiger partial charge in [0.1, 0.15) is 11.6 Å². The van der Waals surface area contributed by atoms with Crippen LogP contribution in [0.2, 0.25) is 0 Å². The summed E-state index contributed by atoms with van der Waals surface area (Å²) >= 11 is 0. The van der Waals surface area contributed by atoms with Crippen LogP contribution in [0, 0.1) is 13.8 Å².